The number of ketones is 1. The maximum atomic E-state index is 12.0. The minimum Gasteiger partial charge on any atom is -0.465 e. The molecule has 0 aromatic carbocycles. The van der Waals surface area contributed by atoms with Gasteiger partial charge in [-0.25, -0.2) is 0 Å². The van der Waals surface area contributed by atoms with E-state index in [9.17, 15) is 9.59 Å². The quantitative estimate of drug-likeness (QED) is 0.439. The van der Waals surface area contributed by atoms with Crippen LogP contribution in [0.2, 0.25) is 0 Å². The zero-order valence-corrected chi connectivity index (χ0v) is 10.3. The molecule has 0 aromatic rings. The second-order valence-corrected chi connectivity index (χ2v) is 5.35. The molecule has 0 heterocycles. The van der Waals surface area contributed by atoms with Gasteiger partial charge in [-0.1, -0.05) is 15.9 Å². The van der Waals surface area contributed by atoms with Crippen LogP contribution in [0.4, 0.5) is 0 Å². The average molecular weight is 275 g/mol. The summed E-state index contributed by atoms with van der Waals surface area (Å²) in [5, 5.41) is 0. The highest BCUT2D eigenvalue weighted by Crippen LogP contribution is 2.46. The summed E-state index contributed by atoms with van der Waals surface area (Å²) in [7, 11) is 0. The van der Waals surface area contributed by atoms with Gasteiger partial charge in [-0.05, 0) is 38.0 Å². The highest BCUT2D eigenvalue weighted by atomic mass is 79.9. The van der Waals surface area contributed by atoms with E-state index in [1.54, 1.807) is 6.92 Å². The first-order valence-electron chi connectivity index (χ1n) is 5.49. The second kappa shape index (κ2) is 4.24. The summed E-state index contributed by atoms with van der Waals surface area (Å²) >= 11 is 3.41. The molecule has 4 heteroatoms. The number of fused-ring (bicyclic) bond motifs is 2. The third-order valence-electron chi connectivity index (χ3n) is 3.52. The molecule has 2 aliphatic carbocycles. The number of Topliss-reactive ketones (excluding diaryl/α,β-unsaturated/α-hetero) is 1. The van der Waals surface area contributed by atoms with Gasteiger partial charge in [-0.3, -0.25) is 9.59 Å². The van der Waals surface area contributed by atoms with Crippen molar-refractivity contribution in [3.05, 3.63) is 0 Å². The number of carbonyl (C=O) groups is 2. The molecule has 0 amide bonds. The Morgan fingerprint density at radius 1 is 1.47 bits per heavy atom. The molecule has 0 aromatic heterocycles. The molecule has 4 unspecified atom stereocenters. The molecule has 0 aliphatic heterocycles. The lowest BCUT2D eigenvalue weighted by Gasteiger charge is -2.29. The first-order chi connectivity index (χ1) is 7.15. The number of rotatable bonds is 2. The van der Waals surface area contributed by atoms with Crippen molar-refractivity contribution < 1.29 is 14.3 Å². The molecular weight excluding hydrogens is 260 g/mol. The van der Waals surface area contributed by atoms with Crippen LogP contribution in [0.1, 0.15) is 26.2 Å². The topological polar surface area (TPSA) is 43.4 Å². The van der Waals surface area contributed by atoms with Crippen LogP contribution in [0.3, 0.4) is 0 Å². The van der Waals surface area contributed by atoms with Crippen molar-refractivity contribution in [2.45, 2.75) is 31.0 Å². The largest absolute Gasteiger partial charge is 0.465 e. The van der Waals surface area contributed by atoms with Crippen LogP contribution in [0.15, 0.2) is 0 Å². The summed E-state index contributed by atoms with van der Waals surface area (Å²) < 4.78 is 4.97. The summed E-state index contributed by atoms with van der Waals surface area (Å²) in [5.74, 6) is -0.124. The summed E-state index contributed by atoms with van der Waals surface area (Å²) in [4.78, 5) is 23.5. The Morgan fingerprint density at radius 2 is 2.13 bits per heavy atom. The minimum absolute atomic E-state index is 0.0344. The van der Waals surface area contributed by atoms with Crippen LogP contribution in [0.5, 0.6) is 0 Å². The highest BCUT2D eigenvalue weighted by molar-refractivity contribution is 9.10. The Kier molecular flexibility index (Phi) is 3.14. The van der Waals surface area contributed by atoms with Crippen molar-refractivity contribution in [3.8, 4) is 0 Å². The first-order valence-corrected chi connectivity index (χ1v) is 6.41. The summed E-state index contributed by atoms with van der Waals surface area (Å²) in [5.41, 5.74) is 0. The Labute approximate surface area is 97.7 Å². The van der Waals surface area contributed by atoms with Crippen LogP contribution >= 0.6 is 15.9 Å². The normalized spacial score (nSPS) is 39.2. The smallest absolute Gasteiger partial charge is 0.316 e. The van der Waals surface area contributed by atoms with E-state index < -0.39 is 5.92 Å². The standard InChI is InChI=1S/C11H15BrO3/c1-2-15-11(14)8-6-3-4-7(5-6)9(12)10(8)13/h6-9H,2-5H2,1H3. The average Bonchev–Trinajstić information content (AvgIpc) is 2.62. The van der Waals surface area contributed by atoms with Crippen molar-refractivity contribution in [2.75, 3.05) is 6.61 Å². The summed E-state index contributed by atoms with van der Waals surface area (Å²) in [6, 6.07) is 0. The lowest BCUT2D eigenvalue weighted by molar-refractivity contribution is -0.154. The number of halogens is 1. The van der Waals surface area contributed by atoms with Crippen LogP contribution < -0.4 is 0 Å². The van der Waals surface area contributed by atoms with Crippen LogP contribution in [-0.2, 0) is 14.3 Å². The predicted molar refractivity (Wildman–Crippen MR) is 58.7 cm³/mol. The number of ether oxygens (including phenoxy) is 1. The summed E-state index contributed by atoms with van der Waals surface area (Å²) in [6.07, 6.45) is 3.04. The van der Waals surface area contributed by atoms with E-state index in [2.05, 4.69) is 15.9 Å². The molecule has 84 valence electrons. The predicted octanol–water partition coefficient (Wildman–Crippen LogP) is 1.93. The maximum absolute atomic E-state index is 12.0. The Bertz CT molecular complexity index is 290. The van der Waals surface area contributed by atoms with Gasteiger partial charge < -0.3 is 4.74 Å². The number of carbonyl (C=O) groups excluding carboxylic acids is 2. The van der Waals surface area contributed by atoms with Crippen molar-refractivity contribution in [1.82, 2.24) is 0 Å². The zero-order chi connectivity index (χ0) is 11.0. The molecule has 2 saturated carbocycles. The lowest BCUT2D eigenvalue weighted by Crippen LogP contribution is -2.41. The monoisotopic (exact) mass is 274 g/mol. The zero-order valence-electron chi connectivity index (χ0n) is 8.74. The molecule has 0 spiro atoms. The van der Waals surface area contributed by atoms with Gasteiger partial charge in [0.05, 0.1) is 11.4 Å². The molecule has 0 saturated heterocycles. The van der Waals surface area contributed by atoms with Crippen molar-refractivity contribution in [2.24, 2.45) is 17.8 Å². The lowest BCUT2D eigenvalue weighted by atomic mass is 9.79. The molecule has 0 N–H and O–H groups in total. The number of hydrogen-bond acceptors (Lipinski definition) is 3. The number of esters is 1. The van der Waals surface area contributed by atoms with Gasteiger partial charge in [0.15, 0.2) is 5.78 Å². The molecule has 2 rings (SSSR count). The van der Waals surface area contributed by atoms with Crippen molar-refractivity contribution in [1.29, 1.82) is 0 Å². The van der Waals surface area contributed by atoms with E-state index in [0.717, 1.165) is 19.3 Å². The number of hydrogen-bond donors (Lipinski definition) is 0. The van der Waals surface area contributed by atoms with Gasteiger partial charge in [0, 0.05) is 0 Å². The van der Waals surface area contributed by atoms with Gasteiger partial charge in [-0.2, -0.15) is 0 Å². The van der Waals surface area contributed by atoms with Gasteiger partial charge >= 0.3 is 5.97 Å². The molecular formula is C11H15BrO3. The fourth-order valence-corrected chi connectivity index (χ4v) is 3.56. The highest BCUT2D eigenvalue weighted by Gasteiger charge is 2.50. The summed E-state index contributed by atoms with van der Waals surface area (Å²) in [6.45, 7) is 2.12. The molecule has 3 nitrogen and oxygen atoms in total. The van der Waals surface area contributed by atoms with Gasteiger partial charge in [-0.15, -0.1) is 0 Å². The fourth-order valence-electron chi connectivity index (χ4n) is 2.80. The van der Waals surface area contributed by atoms with Gasteiger partial charge in [0.2, 0.25) is 0 Å². The first kappa shape index (κ1) is 11.1. The Morgan fingerprint density at radius 3 is 2.80 bits per heavy atom. The molecule has 2 fully saturated rings. The molecule has 2 aliphatic rings. The second-order valence-electron chi connectivity index (χ2n) is 4.37. The molecule has 15 heavy (non-hydrogen) atoms. The van der Waals surface area contributed by atoms with Gasteiger partial charge in [0.25, 0.3) is 0 Å². The fraction of sp³-hybridized carbons (Fsp3) is 0.818. The van der Waals surface area contributed by atoms with Gasteiger partial charge in [0.1, 0.15) is 5.92 Å². The number of alkyl halides is 1. The van der Waals surface area contributed by atoms with E-state index in [0.29, 0.717) is 12.5 Å². The third-order valence-corrected chi connectivity index (χ3v) is 4.72. The van der Waals surface area contributed by atoms with E-state index in [4.69, 9.17) is 4.74 Å². The van der Waals surface area contributed by atoms with Crippen molar-refractivity contribution in [3.63, 3.8) is 0 Å². The minimum atomic E-state index is -0.506. The van der Waals surface area contributed by atoms with Crippen molar-refractivity contribution >= 4 is 27.7 Å². The van der Waals surface area contributed by atoms with E-state index in [1.807, 2.05) is 0 Å². The van der Waals surface area contributed by atoms with E-state index in [-0.39, 0.29) is 22.5 Å². The van der Waals surface area contributed by atoms with Crippen LogP contribution in [0, 0.1) is 17.8 Å². The SMILES string of the molecule is CCOC(=O)C1C(=O)C(Br)C2CCC1C2. The van der Waals surface area contributed by atoms with Crippen LogP contribution in [-0.4, -0.2) is 23.2 Å². The van der Waals surface area contributed by atoms with E-state index in [1.165, 1.54) is 0 Å². The molecule has 2 bridgehead atoms. The Hall–Kier alpha value is -0.380. The Balaban J connectivity index is 2.16. The third kappa shape index (κ3) is 1.84. The molecule has 4 atom stereocenters. The van der Waals surface area contributed by atoms with E-state index >= 15 is 0 Å². The van der Waals surface area contributed by atoms with Crippen LogP contribution in [0.25, 0.3) is 0 Å². The molecule has 0 radical (unpaired) electrons. The maximum Gasteiger partial charge on any atom is 0.316 e.